The molecule has 1 saturated heterocycles. The van der Waals surface area contributed by atoms with Crippen molar-refractivity contribution in [3.05, 3.63) is 69.8 Å². The van der Waals surface area contributed by atoms with Gasteiger partial charge in [-0.25, -0.2) is 0 Å². The number of Topliss-reactive ketones (excluding diaryl/α,β-unsaturated/α-hetero) is 1. The lowest BCUT2D eigenvalue weighted by Crippen LogP contribution is -2.32. The fraction of sp³-hybridized carbons (Fsp3) is 0.407. The first kappa shape index (κ1) is 25.8. The molecule has 2 aromatic rings. The van der Waals surface area contributed by atoms with Crippen LogP contribution in [0, 0.1) is 6.92 Å². The number of aliphatic hydroxyl groups is 1. The smallest absolute Gasteiger partial charge is 0.295 e. The molecule has 1 aliphatic heterocycles. The number of likely N-dealkylation sites (tertiary alicyclic amines) is 1. The molecular weight excluding hydrogens is 452 g/mol. The molecule has 34 heavy (non-hydrogen) atoms. The molecule has 0 aliphatic carbocycles. The fourth-order valence-corrected chi connectivity index (χ4v) is 4.26. The zero-order valence-electron chi connectivity index (χ0n) is 20.3. The number of amides is 1. The summed E-state index contributed by atoms with van der Waals surface area (Å²) in [6.45, 7) is 5.75. The van der Waals surface area contributed by atoms with Gasteiger partial charge in [0, 0.05) is 17.1 Å². The maximum Gasteiger partial charge on any atom is 0.295 e. The van der Waals surface area contributed by atoms with E-state index in [4.69, 9.17) is 16.3 Å². The third-order valence-corrected chi connectivity index (χ3v) is 6.20. The Labute approximate surface area is 206 Å². The summed E-state index contributed by atoms with van der Waals surface area (Å²) in [7, 11) is 3.92. The first-order valence-electron chi connectivity index (χ1n) is 11.7. The average molecular weight is 485 g/mol. The molecule has 1 aliphatic rings. The molecule has 0 spiro atoms. The molecule has 0 aromatic heterocycles. The number of carbonyl (C=O) groups is 2. The highest BCUT2D eigenvalue weighted by Gasteiger charge is 2.45. The number of hydrogen-bond donors (Lipinski definition) is 1. The second-order valence-electron chi connectivity index (χ2n) is 8.88. The number of rotatable bonds is 10. The van der Waals surface area contributed by atoms with Crippen LogP contribution in [0.3, 0.4) is 0 Å². The first-order valence-corrected chi connectivity index (χ1v) is 12.0. The summed E-state index contributed by atoms with van der Waals surface area (Å²) in [5.41, 5.74) is 2.10. The summed E-state index contributed by atoms with van der Waals surface area (Å²) in [6.07, 6.45) is 2.70. The van der Waals surface area contributed by atoms with Gasteiger partial charge in [0.2, 0.25) is 0 Å². The lowest BCUT2D eigenvalue weighted by Gasteiger charge is -2.26. The zero-order valence-corrected chi connectivity index (χ0v) is 21.1. The van der Waals surface area contributed by atoms with Crippen molar-refractivity contribution < 1.29 is 19.4 Å². The van der Waals surface area contributed by atoms with Gasteiger partial charge in [0.25, 0.3) is 11.7 Å². The molecular formula is C27H33ClN2O4. The largest absolute Gasteiger partial charge is 0.507 e. The van der Waals surface area contributed by atoms with E-state index < -0.39 is 17.7 Å². The van der Waals surface area contributed by atoms with Gasteiger partial charge in [-0.2, -0.15) is 0 Å². The molecule has 6 nitrogen and oxygen atoms in total. The quantitative estimate of drug-likeness (QED) is 0.217. The Kier molecular flexibility index (Phi) is 8.75. The predicted octanol–water partition coefficient (Wildman–Crippen LogP) is 5.20. The zero-order chi connectivity index (χ0) is 24.8. The van der Waals surface area contributed by atoms with Crippen molar-refractivity contribution in [2.75, 3.05) is 33.8 Å². The van der Waals surface area contributed by atoms with E-state index in [2.05, 4.69) is 6.92 Å². The standard InChI is InChI=1S/C27H33ClN2O4/c1-5-6-16-34-21-12-13-22(18(2)17-21)25(31)23-24(19-8-10-20(28)11-9-19)30(27(33)26(23)32)15-7-14-29(3)4/h8-13,17,24,31H,5-7,14-16H2,1-4H3/b25-23+/t24-/m1/s1. The summed E-state index contributed by atoms with van der Waals surface area (Å²) in [5, 5.41) is 11.9. The number of ketones is 1. The number of halogens is 1. The summed E-state index contributed by atoms with van der Waals surface area (Å²) < 4.78 is 5.76. The van der Waals surface area contributed by atoms with Gasteiger partial charge < -0.3 is 19.6 Å². The van der Waals surface area contributed by atoms with Crippen LogP contribution in [-0.2, 0) is 9.59 Å². The molecule has 2 aromatic carbocycles. The molecule has 1 heterocycles. The van der Waals surface area contributed by atoms with Gasteiger partial charge in [0.15, 0.2) is 0 Å². The lowest BCUT2D eigenvalue weighted by atomic mass is 9.94. The molecule has 0 unspecified atom stereocenters. The number of hydrogen-bond acceptors (Lipinski definition) is 5. The van der Waals surface area contributed by atoms with Crippen LogP contribution in [0.5, 0.6) is 5.75 Å². The van der Waals surface area contributed by atoms with E-state index in [1.165, 1.54) is 0 Å². The van der Waals surface area contributed by atoms with E-state index in [0.29, 0.717) is 35.9 Å². The summed E-state index contributed by atoms with van der Waals surface area (Å²) in [5.74, 6) is -0.741. The van der Waals surface area contributed by atoms with Crippen molar-refractivity contribution in [2.24, 2.45) is 0 Å². The third-order valence-electron chi connectivity index (χ3n) is 5.95. The van der Waals surface area contributed by atoms with Gasteiger partial charge in [-0.05, 0) is 81.9 Å². The Balaban J connectivity index is 2.02. The summed E-state index contributed by atoms with van der Waals surface area (Å²) in [6, 6.07) is 11.7. The first-order chi connectivity index (χ1) is 16.2. The van der Waals surface area contributed by atoms with Crippen molar-refractivity contribution in [1.29, 1.82) is 0 Å². The van der Waals surface area contributed by atoms with Crippen LogP contribution >= 0.6 is 11.6 Å². The fourth-order valence-electron chi connectivity index (χ4n) is 4.13. The highest BCUT2D eigenvalue weighted by atomic mass is 35.5. The van der Waals surface area contributed by atoms with Gasteiger partial charge in [-0.3, -0.25) is 9.59 Å². The molecule has 3 rings (SSSR count). The highest BCUT2D eigenvalue weighted by Crippen LogP contribution is 2.40. The Morgan fingerprint density at radius 3 is 2.44 bits per heavy atom. The van der Waals surface area contributed by atoms with Crippen LogP contribution < -0.4 is 4.74 Å². The van der Waals surface area contributed by atoms with Gasteiger partial charge in [0.05, 0.1) is 18.2 Å². The third kappa shape index (κ3) is 5.80. The van der Waals surface area contributed by atoms with Crippen LogP contribution in [0.2, 0.25) is 5.02 Å². The van der Waals surface area contributed by atoms with Crippen molar-refractivity contribution in [3.63, 3.8) is 0 Å². The van der Waals surface area contributed by atoms with E-state index in [0.717, 1.165) is 30.5 Å². The van der Waals surface area contributed by atoms with Crippen LogP contribution in [0.15, 0.2) is 48.0 Å². The van der Waals surface area contributed by atoms with E-state index >= 15 is 0 Å². The number of carbonyl (C=O) groups excluding carboxylic acids is 2. The van der Waals surface area contributed by atoms with E-state index in [9.17, 15) is 14.7 Å². The maximum absolute atomic E-state index is 13.2. The van der Waals surface area contributed by atoms with Crippen molar-refractivity contribution in [2.45, 2.75) is 39.2 Å². The van der Waals surface area contributed by atoms with Gasteiger partial charge in [0.1, 0.15) is 11.5 Å². The van der Waals surface area contributed by atoms with Gasteiger partial charge >= 0.3 is 0 Å². The number of benzene rings is 2. The molecule has 0 bridgehead atoms. The van der Waals surface area contributed by atoms with Gasteiger partial charge in [-0.1, -0.05) is 37.1 Å². The molecule has 182 valence electrons. The normalized spacial score (nSPS) is 17.6. The Hall–Kier alpha value is -2.83. The van der Waals surface area contributed by atoms with Gasteiger partial charge in [-0.15, -0.1) is 0 Å². The summed E-state index contributed by atoms with van der Waals surface area (Å²) in [4.78, 5) is 29.8. The number of ether oxygens (including phenoxy) is 1. The monoisotopic (exact) mass is 484 g/mol. The number of aryl methyl sites for hydroxylation is 1. The Bertz CT molecular complexity index is 1060. The predicted molar refractivity (Wildman–Crippen MR) is 135 cm³/mol. The second kappa shape index (κ2) is 11.5. The average Bonchev–Trinajstić information content (AvgIpc) is 3.04. The number of nitrogens with zero attached hydrogens (tertiary/aromatic N) is 2. The topological polar surface area (TPSA) is 70.1 Å². The Morgan fingerprint density at radius 1 is 1.12 bits per heavy atom. The van der Waals surface area contributed by atoms with Crippen molar-refractivity contribution >= 4 is 29.1 Å². The van der Waals surface area contributed by atoms with Crippen molar-refractivity contribution in [1.82, 2.24) is 9.80 Å². The SMILES string of the molecule is CCCCOc1ccc(/C(O)=C2\C(=O)C(=O)N(CCCN(C)C)[C@@H]2c2ccc(Cl)cc2)c(C)c1. The lowest BCUT2D eigenvalue weighted by molar-refractivity contribution is -0.139. The molecule has 1 fully saturated rings. The van der Waals surface area contributed by atoms with Crippen LogP contribution in [0.4, 0.5) is 0 Å². The highest BCUT2D eigenvalue weighted by molar-refractivity contribution is 6.46. The number of aliphatic hydroxyl groups excluding tert-OH is 1. The minimum Gasteiger partial charge on any atom is -0.507 e. The van der Waals surface area contributed by atoms with Crippen LogP contribution in [0.25, 0.3) is 5.76 Å². The van der Waals surface area contributed by atoms with E-state index in [1.807, 2.05) is 32.0 Å². The minimum absolute atomic E-state index is 0.0972. The van der Waals surface area contributed by atoms with Crippen LogP contribution in [-0.4, -0.2) is 60.4 Å². The maximum atomic E-state index is 13.2. The molecule has 0 saturated carbocycles. The van der Waals surface area contributed by atoms with E-state index in [1.54, 1.807) is 41.3 Å². The van der Waals surface area contributed by atoms with Crippen LogP contribution in [0.1, 0.15) is 48.9 Å². The molecule has 0 radical (unpaired) electrons. The Morgan fingerprint density at radius 2 is 1.82 bits per heavy atom. The number of unbranched alkanes of at least 4 members (excludes halogenated alkanes) is 1. The summed E-state index contributed by atoms with van der Waals surface area (Å²) >= 11 is 6.08. The second-order valence-corrected chi connectivity index (χ2v) is 9.32. The van der Waals surface area contributed by atoms with E-state index in [-0.39, 0.29) is 11.3 Å². The van der Waals surface area contributed by atoms with Crippen molar-refractivity contribution in [3.8, 4) is 5.75 Å². The molecule has 1 N–H and O–H groups in total. The molecule has 7 heteroatoms. The molecule has 1 atom stereocenters. The molecule has 1 amide bonds. The minimum atomic E-state index is -0.681.